The van der Waals surface area contributed by atoms with Crippen molar-refractivity contribution in [1.29, 1.82) is 0 Å². The molecule has 0 spiro atoms. The van der Waals surface area contributed by atoms with Crippen molar-refractivity contribution in [2.24, 2.45) is 0 Å². The average molecular weight is 271 g/mol. The van der Waals surface area contributed by atoms with Crippen LogP contribution in [0.2, 0.25) is 5.02 Å². The Morgan fingerprint density at radius 2 is 2.28 bits per heavy atom. The summed E-state index contributed by atoms with van der Waals surface area (Å²) in [5.74, 6) is -0.592. The van der Waals surface area contributed by atoms with Crippen molar-refractivity contribution in [3.8, 4) is 0 Å². The highest BCUT2D eigenvalue weighted by molar-refractivity contribution is 6.33. The first-order valence-electron chi connectivity index (χ1n) is 6.03. The van der Waals surface area contributed by atoms with Gasteiger partial charge in [-0.05, 0) is 50.9 Å². The standard InChI is InChI=1S/C13H16ClFN2O/c1-13(6-2-3-7-16-13)12(18)17-11-8-9(15)4-5-10(11)14/h4-5,8,16H,2-3,6-7H2,1H3,(H,17,18). The van der Waals surface area contributed by atoms with Gasteiger partial charge in [-0.25, -0.2) is 4.39 Å². The lowest BCUT2D eigenvalue weighted by Gasteiger charge is -2.33. The van der Waals surface area contributed by atoms with Crippen LogP contribution in [-0.4, -0.2) is 18.0 Å². The highest BCUT2D eigenvalue weighted by Crippen LogP contribution is 2.25. The van der Waals surface area contributed by atoms with Crippen LogP contribution >= 0.6 is 11.6 Å². The maximum Gasteiger partial charge on any atom is 0.244 e. The number of hydrogen-bond acceptors (Lipinski definition) is 2. The fraction of sp³-hybridized carbons (Fsp3) is 0.462. The van der Waals surface area contributed by atoms with Crippen LogP contribution in [-0.2, 0) is 4.79 Å². The second kappa shape index (κ2) is 5.24. The molecule has 5 heteroatoms. The zero-order chi connectivity index (χ0) is 13.2. The van der Waals surface area contributed by atoms with E-state index in [0.717, 1.165) is 25.8 Å². The summed E-state index contributed by atoms with van der Waals surface area (Å²) in [4.78, 5) is 12.2. The number of anilines is 1. The van der Waals surface area contributed by atoms with E-state index in [4.69, 9.17) is 11.6 Å². The van der Waals surface area contributed by atoms with Crippen molar-refractivity contribution < 1.29 is 9.18 Å². The van der Waals surface area contributed by atoms with Gasteiger partial charge in [-0.2, -0.15) is 0 Å². The Morgan fingerprint density at radius 1 is 1.50 bits per heavy atom. The van der Waals surface area contributed by atoms with Gasteiger partial charge in [-0.3, -0.25) is 4.79 Å². The van der Waals surface area contributed by atoms with Gasteiger partial charge in [0.25, 0.3) is 0 Å². The third-order valence-corrected chi connectivity index (χ3v) is 3.63. The number of halogens is 2. The van der Waals surface area contributed by atoms with Crippen LogP contribution in [0.1, 0.15) is 26.2 Å². The first kappa shape index (κ1) is 13.3. The quantitative estimate of drug-likeness (QED) is 0.868. The molecule has 0 radical (unpaired) electrons. The van der Waals surface area contributed by atoms with Gasteiger partial charge in [0.1, 0.15) is 5.82 Å². The van der Waals surface area contributed by atoms with E-state index in [1.807, 2.05) is 6.92 Å². The van der Waals surface area contributed by atoms with Gasteiger partial charge in [0.15, 0.2) is 0 Å². The molecule has 0 bridgehead atoms. The minimum atomic E-state index is -0.603. The number of benzene rings is 1. The summed E-state index contributed by atoms with van der Waals surface area (Å²) >= 11 is 5.92. The summed E-state index contributed by atoms with van der Waals surface area (Å²) in [5.41, 5.74) is -0.288. The van der Waals surface area contributed by atoms with E-state index in [1.54, 1.807) is 0 Å². The topological polar surface area (TPSA) is 41.1 Å². The third kappa shape index (κ3) is 2.82. The molecule has 0 saturated carbocycles. The van der Waals surface area contributed by atoms with Crippen molar-refractivity contribution >= 4 is 23.2 Å². The third-order valence-electron chi connectivity index (χ3n) is 3.30. The number of piperidine rings is 1. The van der Waals surface area contributed by atoms with E-state index >= 15 is 0 Å². The lowest BCUT2D eigenvalue weighted by molar-refractivity contribution is -0.122. The van der Waals surface area contributed by atoms with Crippen LogP contribution in [0, 0.1) is 5.82 Å². The lowest BCUT2D eigenvalue weighted by atomic mass is 9.90. The summed E-state index contributed by atoms with van der Waals surface area (Å²) in [5, 5.41) is 6.23. The van der Waals surface area contributed by atoms with Gasteiger partial charge in [0.2, 0.25) is 5.91 Å². The Labute approximate surface area is 111 Å². The maximum atomic E-state index is 13.1. The summed E-state index contributed by atoms with van der Waals surface area (Å²) < 4.78 is 13.1. The summed E-state index contributed by atoms with van der Waals surface area (Å²) in [6, 6.07) is 3.92. The molecule has 0 aliphatic carbocycles. The van der Waals surface area contributed by atoms with Gasteiger partial charge in [-0.1, -0.05) is 11.6 Å². The van der Waals surface area contributed by atoms with Crippen LogP contribution in [0.15, 0.2) is 18.2 Å². The van der Waals surface area contributed by atoms with E-state index in [1.165, 1.54) is 18.2 Å². The smallest absolute Gasteiger partial charge is 0.244 e. The van der Waals surface area contributed by atoms with Gasteiger partial charge in [0, 0.05) is 0 Å². The van der Waals surface area contributed by atoms with E-state index < -0.39 is 11.4 Å². The number of nitrogens with one attached hydrogen (secondary N) is 2. The normalized spacial score (nSPS) is 23.7. The second-order valence-electron chi connectivity index (χ2n) is 4.79. The number of amides is 1. The first-order valence-corrected chi connectivity index (χ1v) is 6.41. The molecule has 0 aromatic heterocycles. The van der Waals surface area contributed by atoms with Crippen molar-refractivity contribution in [2.45, 2.75) is 31.7 Å². The predicted octanol–water partition coefficient (Wildman–Crippen LogP) is 2.95. The molecule has 1 aliphatic rings. The molecule has 1 unspecified atom stereocenters. The number of carbonyl (C=O) groups is 1. The molecular weight excluding hydrogens is 255 g/mol. The van der Waals surface area contributed by atoms with Gasteiger partial charge in [0.05, 0.1) is 16.2 Å². The molecule has 1 aromatic carbocycles. The Bertz CT molecular complexity index is 458. The molecule has 2 rings (SSSR count). The monoisotopic (exact) mass is 270 g/mol. The van der Waals surface area contributed by atoms with Gasteiger partial charge >= 0.3 is 0 Å². The lowest BCUT2D eigenvalue weighted by Crippen LogP contribution is -2.54. The van der Waals surface area contributed by atoms with E-state index in [9.17, 15) is 9.18 Å². The van der Waals surface area contributed by atoms with Crippen molar-refractivity contribution in [2.75, 3.05) is 11.9 Å². The molecule has 1 aliphatic heterocycles. The van der Waals surface area contributed by atoms with Crippen LogP contribution in [0.3, 0.4) is 0 Å². The van der Waals surface area contributed by atoms with Gasteiger partial charge < -0.3 is 10.6 Å². The van der Waals surface area contributed by atoms with Crippen LogP contribution in [0.4, 0.5) is 10.1 Å². The van der Waals surface area contributed by atoms with E-state index in [0.29, 0.717) is 10.7 Å². The van der Waals surface area contributed by atoms with Crippen LogP contribution < -0.4 is 10.6 Å². The molecule has 98 valence electrons. The molecule has 18 heavy (non-hydrogen) atoms. The number of hydrogen-bond donors (Lipinski definition) is 2. The molecular formula is C13H16ClFN2O. The van der Waals surface area contributed by atoms with Crippen molar-refractivity contribution in [1.82, 2.24) is 5.32 Å². The Balaban J connectivity index is 2.13. The van der Waals surface area contributed by atoms with Crippen LogP contribution in [0.5, 0.6) is 0 Å². The molecule has 1 heterocycles. The minimum absolute atomic E-state index is 0.172. The van der Waals surface area contributed by atoms with E-state index in [2.05, 4.69) is 10.6 Å². The molecule has 2 N–H and O–H groups in total. The molecule has 3 nitrogen and oxygen atoms in total. The highest BCUT2D eigenvalue weighted by Gasteiger charge is 2.34. The zero-order valence-electron chi connectivity index (χ0n) is 10.2. The van der Waals surface area contributed by atoms with Crippen LogP contribution in [0.25, 0.3) is 0 Å². The molecule has 1 aromatic rings. The van der Waals surface area contributed by atoms with Gasteiger partial charge in [-0.15, -0.1) is 0 Å². The number of carbonyl (C=O) groups excluding carboxylic acids is 1. The predicted molar refractivity (Wildman–Crippen MR) is 70.3 cm³/mol. The second-order valence-corrected chi connectivity index (χ2v) is 5.20. The van der Waals surface area contributed by atoms with Crippen molar-refractivity contribution in [3.05, 3.63) is 29.0 Å². The summed E-state index contributed by atoms with van der Waals surface area (Å²) in [6.45, 7) is 2.68. The zero-order valence-corrected chi connectivity index (χ0v) is 11.0. The Morgan fingerprint density at radius 3 is 2.94 bits per heavy atom. The van der Waals surface area contributed by atoms with Crippen molar-refractivity contribution in [3.63, 3.8) is 0 Å². The molecule has 1 amide bonds. The molecule has 1 fully saturated rings. The van der Waals surface area contributed by atoms with E-state index in [-0.39, 0.29) is 5.91 Å². The minimum Gasteiger partial charge on any atom is -0.323 e. The largest absolute Gasteiger partial charge is 0.323 e. The fourth-order valence-electron chi connectivity index (χ4n) is 2.10. The molecule has 1 saturated heterocycles. The SMILES string of the molecule is CC1(C(=O)Nc2cc(F)ccc2Cl)CCCCN1. The highest BCUT2D eigenvalue weighted by atomic mass is 35.5. The fourth-order valence-corrected chi connectivity index (χ4v) is 2.27. The summed E-state index contributed by atoms with van der Waals surface area (Å²) in [6.07, 6.45) is 2.85. The molecule has 1 atom stereocenters. The first-order chi connectivity index (χ1) is 8.51. The average Bonchev–Trinajstić information content (AvgIpc) is 2.35. The summed E-state index contributed by atoms with van der Waals surface area (Å²) in [7, 11) is 0. The maximum absolute atomic E-state index is 13.1. The Kier molecular flexibility index (Phi) is 3.88. The Hall–Kier alpha value is -1.13. The number of rotatable bonds is 2.